The molecule has 0 N–H and O–H groups in total. The van der Waals surface area contributed by atoms with Crippen LogP contribution in [0.4, 0.5) is 0 Å². The van der Waals surface area contributed by atoms with Gasteiger partial charge in [-0.3, -0.25) is 0 Å². The van der Waals surface area contributed by atoms with Crippen LogP contribution >= 0.6 is 0 Å². The van der Waals surface area contributed by atoms with Gasteiger partial charge in [-0.05, 0) is 72.8 Å². The summed E-state index contributed by atoms with van der Waals surface area (Å²) in [7, 11) is 3.61. The predicted molar refractivity (Wildman–Crippen MR) is 89.8 cm³/mol. The number of ether oxygens (including phenoxy) is 3. The second kappa shape index (κ2) is 5.93. The molecule has 0 aromatic heterocycles. The smallest absolute Gasteiger partial charge is 0.202 e. The minimum atomic E-state index is -0.0851. The van der Waals surface area contributed by atoms with E-state index in [0.29, 0.717) is 5.41 Å². The van der Waals surface area contributed by atoms with Crippen molar-refractivity contribution in [3.63, 3.8) is 0 Å². The molecular formula is C20H30O3. The van der Waals surface area contributed by atoms with Crippen LogP contribution in [0.2, 0.25) is 0 Å². The Morgan fingerprint density at radius 2 is 2.09 bits per heavy atom. The van der Waals surface area contributed by atoms with Crippen LogP contribution in [0.1, 0.15) is 51.9 Å². The Balaban J connectivity index is 1.65. The van der Waals surface area contributed by atoms with E-state index in [9.17, 15) is 0 Å². The average Bonchev–Trinajstić information content (AvgIpc) is 2.91. The van der Waals surface area contributed by atoms with Crippen molar-refractivity contribution >= 4 is 0 Å². The fourth-order valence-corrected chi connectivity index (χ4v) is 6.02. The molecule has 128 valence electrons. The van der Waals surface area contributed by atoms with Crippen LogP contribution < -0.4 is 0 Å². The Kier molecular flexibility index (Phi) is 4.05. The molecule has 0 saturated heterocycles. The quantitative estimate of drug-likeness (QED) is 0.770. The molecule has 4 aliphatic rings. The zero-order valence-electron chi connectivity index (χ0n) is 14.8. The highest BCUT2D eigenvalue weighted by molar-refractivity contribution is 5.42. The molecule has 0 aromatic rings. The second-order valence-corrected chi connectivity index (χ2v) is 8.14. The molecule has 3 heteroatoms. The molecule has 0 aromatic carbocycles. The fraction of sp³-hybridized carbons (Fsp3) is 0.800. The molecule has 3 nitrogen and oxygen atoms in total. The lowest BCUT2D eigenvalue weighted by atomic mass is 9.56. The fourth-order valence-electron chi connectivity index (χ4n) is 6.02. The van der Waals surface area contributed by atoms with Gasteiger partial charge in [-0.25, -0.2) is 0 Å². The number of hydrogen-bond acceptors (Lipinski definition) is 3. The first-order valence-electron chi connectivity index (χ1n) is 9.26. The second-order valence-electron chi connectivity index (χ2n) is 8.14. The highest BCUT2D eigenvalue weighted by atomic mass is 16.7. The Bertz CT molecular complexity index is 535. The summed E-state index contributed by atoms with van der Waals surface area (Å²) >= 11 is 0. The number of hydrogen-bond donors (Lipinski definition) is 0. The Morgan fingerprint density at radius 3 is 2.87 bits per heavy atom. The predicted octanol–water partition coefficient (Wildman–Crippen LogP) is 4.44. The van der Waals surface area contributed by atoms with E-state index in [-0.39, 0.29) is 6.29 Å². The lowest BCUT2D eigenvalue weighted by Gasteiger charge is -2.49. The summed E-state index contributed by atoms with van der Waals surface area (Å²) in [5.74, 6) is 2.39. The molecule has 1 heterocycles. The third kappa shape index (κ3) is 2.39. The molecule has 1 unspecified atom stereocenters. The van der Waals surface area contributed by atoms with E-state index in [1.54, 1.807) is 18.3 Å². The third-order valence-corrected chi connectivity index (χ3v) is 7.34. The van der Waals surface area contributed by atoms with Crippen molar-refractivity contribution in [1.82, 2.24) is 0 Å². The van der Waals surface area contributed by atoms with Crippen molar-refractivity contribution in [2.45, 2.75) is 58.2 Å². The van der Waals surface area contributed by atoms with E-state index in [1.807, 2.05) is 13.4 Å². The summed E-state index contributed by atoms with van der Waals surface area (Å²) in [6.07, 6.45) is 10.7. The lowest BCUT2D eigenvalue weighted by molar-refractivity contribution is -0.0873. The van der Waals surface area contributed by atoms with Crippen LogP contribution in [0.3, 0.4) is 0 Å². The Labute approximate surface area is 140 Å². The summed E-state index contributed by atoms with van der Waals surface area (Å²) in [6, 6.07) is 0. The van der Waals surface area contributed by atoms with Gasteiger partial charge in [0.05, 0.1) is 6.26 Å². The summed E-state index contributed by atoms with van der Waals surface area (Å²) in [6.45, 7) is 3.49. The zero-order valence-corrected chi connectivity index (χ0v) is 14.8. The number of methoxy groups -OCH3 is 2. The van der Waals surface area contributed by atoms with Gasteiger partial charge in [-0.2, -0.15) is 0 Å². The van der Waals surface area contributed by atoms with Crippen molar-refractivity contribution in [2.75, 3.05) is 20.8 Å². The first-order chi connectivity index (χ1) is 11.2. The van der Waals surface area contributed by atoms with Gasteiger partial charge in [0.1, 0.15) is 0 Å². The molecule has 2 fully saturated rings. The average molecular weight is 318 g/mol. The van der Waals surface area contributed by atoms with Gasteiger partial charge in [-0.1, -0.05) is 12.5 Å². The van der Waals surface area contributed by atoms with Gasteiger partial charge in [0.25, 0.3) is 0 Å². The van der Waals surface area contributed by atoms with Crippen molar-refractivity contribution in [2.24, 2.45) is 23.2 Å². The molecule has 0 amide bonds. The number of rotatable bonds is 3. The van der Waals surface area contributed by atoms with Crippen LogP contribution in [0.15, 0.2) is 23.0 Å². The Hall–Kier alpha value is -0.800. The molecule has 0 radical (unpaired) electrons. The van der Waals surface area contributed by atoms with E-state index < -0.39 is 0 Å². The van der Waals surface area contributed by atoms with E-state index in [0.717, 1.165) is 30.8 Å². The first-order valence-corrected chi connectivity index (χ1v) is 9.26. The van der Waals surface area contributed by atoms with Crippen LogP contribution in [0, 0.1) is 23.2 Å². The van der Waals surface area contributed by atoms with Gasteiger partial charge < -0.3 is 14.2 Å². The molecule has 2 saturated carbocycles. The van der Waals surface area contributed by atoms with Crippen LogP contribution in [-0.2, 0) is 14.2 Å². The molecule has 1 aliphatic heterocycles. The minimum absolute atomic E-state index is 0.0851. The monoisotopic (exact) mass is 318 g/mol. The molecule has 0 spiro atoms. The van der Waals surface area contributed by atoms with E-state index in [4.69, 9.17) is 14.2 Å². The molecular weight excluding hydrogens is 288 g/mol. The van der Waals surface area contributed by atoms with Crippen LogP contribution in [0.25, 0.3) is 0 Å². The molecule has 5 atom stereocenters. The number of fused-ring (bicyclic) bond motifs is 4. The SMILES string of the molecule is COC[C@@H]1CC[C@H]2[C@@H]3CCC4=COC(OC)CC4=C3CC[C@]12C. The van der Waals surface area contributed by atoms with Gasteiger partial charge in [0, 0.05) is 27.2 Å². The van der Waals surface area contributed by atoms with Gasteiger partial charge in [0.2, 0.25) is 6.29 Å². The molecule has 23 heavy (non-hydrogen) atoms. The zero-order chi connectivity index (χ0) is 16.0. The van der Waals surface area contributed by atoms with E-state index in [1.165, 1.54) is 44.1 Å². The third-order valence-electron chi connectivity index (χ3n) is 7.34. The molecule has 0 bridgehead atoms. The van der Waals surface area contributed by atoms with Gasteiger partial charge in [0.15, 0.2) is 0 Å². The summed E-state index contributed by atoms with van der Waals surface area (Å²) < 4.78 is 16.7. The van der Waals surface area contributed by atoms with E-state index >= 15 is 0 Å². The highest BCUT2D eigenvalue weighted by Gasteiger charge is 2.53. The maximum absolute atomic E-state index is 5.70. The highest BCUT2D eigenvalue weighted by Crippen LogP contribution is 2.62. The summed E-state index contributed by atoms with van der Waals surface area (Å²) in [5.41, 5.74) is 5.25. The van der Waals surface area contributed by atoms with Crippen molar-refractivity contribution in [3.05, 3.63) is 23.0 Å². The lowest BCUT2D eigenvalue weighted by Crippen LogP contribution is -2.41. The normalized spacial score (nSPS) is 42.5. The maximum atomic E-state index is 5.70. The van der Waals surface area contributed by atoms with E-state index in [2.05, 4.69) is 6.92 Å². The minimum Gasteiger partial charge on any atom is -0.472 e. The van der Waals surface area contributed by atoms with Crippen LogP contribution in [-0.4, -0.2) is 27.1 Å². The number of allylic oxidation sites excluding steroid dienone is 2. The van der Waals surface area contributed by atoms with Gasteiger partial charge in [-0.15, -0.1) is 0 Å². The standard InChI is InChI=1S/C20H30O3/c1-20-9-8-15-16(18(20)7-5-14(20)12-21-2)6-4-13-11-23-19(22-3)10-17(13)15/h11,14,16,18-19H,4-10,12H2,1-3H3/t14-,16+,18-,19?,20+/m0/s1. The van der Waals surface area contributed by atoms with Crippen molar-refractivity contribution in [1.29, 1.82) is 0 Å². The van der Waals surface area contributed by atoms with Crippen molar-refractivity contribution in [3.8, 4) is 0 Å². The molecule has 3 aliphatic carbocycles. The Morgan fingerprint density at radius 1 is 1.22 bits per heavy atom. The first kappa shape index (κ1) is 15.7. The summed E-state index contributed by atoms with van der Waals surface area (Å²) in [5, 5.41) is 0. The van der Waals surface area contributed by atoms with Crippen molar-refractivity contribution < 1.29 is 14.2 Å². The summed E-state index contributed by atoms with van der Waals surface area (Å²) in [4.78, 5) is 0. The topological polar surface area (TPSA) is 27.7 Å². The van der Waals surface area contributed by atoms with Gasteiger partial charge >= 0.3 is 0 Å². The maximum Gasteiger partial charge on any atom is 0.202 e. The largest absolute Gasteiger partial charge is 0.472 e. The molecule has 4 rings (SSSR count). The van der Waals surface area contributed by atoms with Crippen LogP contribution in [0.5, 0.6) is 0 Å².